The van der Waals surface area contributed by atoms with Crippen LogP contribution in [-0.2, 0) is 14.5 Å². The van der Waals surface area contributed by atoms with E-state index in [0.717, 1.165) is 11.1 Å². The van der Waals surface area contributed by atoms with E-state index >= 15 is 0 Å². The van der Waals surface area contributed by atoms with Gasteiger partial charge in [0.2, 0.25) is 0 Å². The van der Waals surface area contributed by atoms with Crippen LogP contribution >= 0.6 is 0 Å². The van der Waals surface area contributed by atoms with Gasteiger partial charge in [-0.05, 0) is 43.2 Å². The predicted octanol–water partition coefficient (Wildman–Crippen LogP) is 2.99. The SMILES string of the molecule is COCC#Cc1cncc(C(=O)N=S(C)(=O)c2ccc(C)c(C)c2)c1. The number of aryl methyl sites for hydroxylation is 2. The monoisotopic (exact) mass is 356 g/mol. The van der Waals surface area contributed by atoms with Crippen molar-refractivity contribution >= 4 is 15.6 Å². The van der Waals surface area contributed by atoms with Crippen molar-refractivity contribution in [3.63, 3.8) is 0 Å². The van der Waals surface area contributed by atoms with Crippen molar-refractivity contribution in [2.45, 2.75) is 18.7 Å². The summed E-state index contributed by atoms with van der Waals surface area (Å²) < 4.78 is 21.7. The first-order valence-corrected chi connectivity index (χ1v) is 9.52. The quantitative estimate of drug-likeness (QED) is 0.793. The molecule has 2 aromatic rings. The van der Waals surface area contributed by atoms with Crippen LogP contribution in [0.15, 0.2) is 45.9 Å². The summed E-state index contributed by atoms with van der Waals surface area (Å²) in [6.45, 7) is 4.20. The molecule has 0 radical (unpaired) electrons. The zero-order valence-electron chi connectivity index (χ0n) is 14.7. The zero-order chi connectivity index (χ0) is 18.4. The average molecular weight is 356 g/mol. The topological polar surface area (TPSA) is 68.6 Å². The van der Waals surface area contributed by atoms with Gasteiger partial charge in [0.25, 0.3) is 5.91 Å². The fraction of sp³-hybridized carbons (Fsp3) is 0.263. The molecule has 1 aromatic heterocycles. The Hall–Kier alpha value is -2.49. The molecule has 130 valence electrons. The fourth-order valence-electron chi connectivity index (χ4n) is 2.05. The van der Waals surface area contributed by atoms with Crippen molar-refractivity contribution in [1.29, 1.82) is 0 Å². The smallest absolute Gasteiger partial charge is 0.286 e. The lowest BCUT2D eigenvalue weighted by Crippen LogP contribution is -2.05. The first-order valence-electron chi connectivity index (χ1n) is 7.60. The van der Waals surface area contributed by atoms with E-state index in [1.54, 1.807) is 31.5 Å². The van der Waals surface area contributed by atoms with Gasteiger partial charge in [-0.3, -0.25) is 9.78 Å². The largest absolute Gasteiger partial charge is 0.372 e. The molecule has 1 atom stereocenters. The first-order chi connectivity index (χ1) is 11.8. The van der Waals surface area contributed by atoms with Crippen molar-refractivity contribution in [2.75, 3.05) is 20.0 Å². The van der Waals surface area contributed by atoms with E-state index in [9.17, 15) is 9.00 Å². The molecule has 1 amide bonds. The Morgan fingerprint density at radius 2 is 2.00 bits per heavy atom. The molecule has 0 aliphatic heterocycles. The Kier molecular flexibility index (Phi) is 6.07. The van der Waals surface area contributed by atoms with Crippen LogP contribution in [0.1, 0.15) is 27.0 Å². The van der Waals surface area contributed by atoms with E-state index in [4.69, 9.17) is 4.74 Å². The number of amides is 1. The maximum Gasteiger partial charge on any atom is 0.286 e. The molecule has 0 aliphatic carbocycles. The van der Waals surface area contributed by atoms with Crippen LogP contribution in [0.5, 0.6) is 0 Å². The molecule has 1 heterocycles. The third kappa shape index (κ3) is 4.99. The molecule has 1 aromatic carbocycles. The summed E-state index contributed by atoms with van der Waals surface area (Å²) in [5.74, 6) is 5.06. The molecule has 2 rings (SSSR count). The van der Waals surface area contributed by atoms with Gasteiger partial charge < -0.3 is 4.74 Å². The third-order valence-electron chi connectivity index (χ3n) is 3.61. The Labute approximate surface area is 148 Å². The van der Waals surface area contributed by atoms with Gasteiger partial charge in [-0.2, -0.15) is 4.36 Å². The molecular weight excluding hydrogens is 336 g/mol. The molecule has 0 saturated carbocycles. The molecule has 1 unspecified atom stereocenters. The van der Waals surface area contributed by atoms with E-state index in [0.29, 0.717) is 10.5 Å². The number of methoxy groups -OCH3 is 1. The molecule has 0 bridgehead atoms. The summed E-state index contributed by atoms with van der Waals surface area (Å²) in [5, 5.41) is 0. The Bertz CT molecular complexity index is 978. The lowest BCUT2D eigenvalue weighted by atomic mass is 10.1. The number of hydrogen-bond acceptors (Lipinski definition) is 4. The molecule has 25 heavy (non-hydrogen) atoms. The normalized spacial score (nSPS) is 12.6. The number of carbonyl (C=O) groups excluding carboxylic acids is 1. The molecule has 6 heteroatoms. The van der Waals surface area contributed by atoms with Crippen LogP contribution in [-0.4, -0.2) is 35.1 Å². The molecule has 0 spiro atoms. The second-order valence-corrected chi connectivity index (χ2v) is 7.90. The Balaban J connectivity index is 2.35. The van der Waals surface area contributed by atoms with Crippen LogP contribution in [0.2, 0.25) is 0 Å². The van der Waals surface area contributed by atoms with Crippen LogP contribution < -0.4 is 0 Å². The van der Waals surface area contributed by atoms with E-state index in [1.165, 1.54) is 12.5 Å². The highest BCUT2D eigenvalue weighted by Gasteiger charge is 2.12. The molecule has 0 N–H and O–H groups in total. The van der Waals surface area contributed by atoms with Crippen LogP contribution in [0.3, 0.4) is 0 Å². The van der Waals surface area contributed by atoms with Crippen molar-refractivity contribution in [3.8, 4) is 11.8 Å². The van der Waals surface area contributed by atoms with Crippen LogP contribution in [0.25, 0.3) is 0 Å². The van der Waals surface area contributed by atoms with E-state index in [2.05, 4.69) is 21.2 Å². The maximum absolute atomic E-state index is 12.9. The van der Waals surface area contributed by atoms with Gasteiger partial charge in [-0.1, -0.05) is 17.9 Å². The highest BCUT2D eigenvalue weighted by atomic mass is 32.2. The molecule has 5 nitrogen and oxygen atoms in total. The molecule has 0 aliphatic rings. The van der Waals surface area contributed by atoms with Crippen LogP contribution in [0, 0.1) is 25.7 Å². The Morgan fingerprint density at radius 3 is 2.68 bits per heavy atom. The lowest BCUT2D eigenvalue weighted by Gasteiger charge is -2.07. The number of rotatable bonds is 3. The fourth-order valence-corrected chi connectivity index (χ4v) is 3.29. The first kappa shape index (κ1) is 18.8. The zero-order valence-corrected chi connectivity index (χ0v) is 15.5. The maximum atomic E-state index is 12.9. The number of benzene rings is 1. The van der Waals surface area contributed by atoms with E-state index in [1.807, 2.05) is 19.9 Å². The molecular formula is C19H20N2O3S. The number of aromatic nitrogens is 1. The summed E-state index contributed by atoms with van der Waals surface area (Å²) >= 11 is 0. The van der Waals surface area contributed by atoms with Gasteiger partial charge in [0.15, 0.2) is 0 Å². The highest BCUT2D eigenvalue weighted by molar-refractivity contribution is 7.93. The minimum absolute atomic E-state index is 0.252. The van der Waals surface area contributed by atoms with Gasteiger partial charge in [0.1, 0.15) is 6.61 Å². The van der Waals surface area contributed by atoms with Gasteiger partial charge in [-0.15, -0.1) is 0 Å². The number of hydrogen-bond donors (Lipinski definition) is 0. The number of ether oxygens (including phenoxy) is 1. The van der Waals surface area contributed by atoms with E-state index in [-0.39, 0.29) is 12.2 Å². The molecule has 0 saturated heterocycles. The highest BCUT2D eigenvalue weighted by Crippen LogP contribution is 2.17. The number of nitrogens with zero attached hydrogens (tertiary/aromatic N) is 2. The van der Waals surface area contributed by atoms with Crippen molar-refractivity contribution < 1.29 is 13.7 Å². The minimum Gasteiger partial charge on any atom is -0.372 e. The van der Waals surface area contributed by atoms with Gasteiger partial charge in [-0.25, -0.2) is 4.21 Å². The second-order valence-electron chi connectivity index (χ2n) is 5.64. The lowest BCUT2D eigenvalue weighted by molar-refractivity contribution is 0.100. The van der Waals surface area contributed by atoms with Crippen molar-refractivity contribution in [2.24, 2.45) is 4.36 Å². The summed E-state index contributed by atoms with van der Waals surface area (Å²) in [5.41, 5.74) is 2.93. The summed E-state index contributed by atoms with van der Waals surface area (Å²) in [7, 11) is -1.29. The van der Waals surface area contributed by atoms with Gasteiger partial charge in [0.05, 0.1) is 15.3 Å². The predicted molar refractivity (Wildman–Crippen MR) is 98.0 cm³/mol. The van der Waals surface area contributed by atoms with E-state index < -0.39 is 15.6 Å². The van der Waals surface area contributed by atoms with Gasteiger partial charge >= 0.3 is 0 Å². The third-order valence-corrected chi connectivity index (χ3v) is 5.25. The number of carbonyl (C=O) groups is 1. The average Bonchev–Trinajstić information content (AvgIpc) is 2.57. The summed E-state index contributed by atoms with van der Waals surface area (Å²) in [6.07, 6.45) is 4.40. The second kappa shape index (κ2) is 8.06. The Morgan fingerprint density at radius 1 is 1.24 bits per heavy atom. The standard InChI is InChI=1S/C19H20N2O3S/c1-14-7-8-18(10-15(14)2)25(4,23)21-19(22)17-11-16(12-20-13-17)6-5-9-24-3/h7-8,10-13H,9H2,1-4H3. The molecule has 0 fully saturated rings. The van der Waals surface area contributed by atoms with Gasteiger partial charge in [0, 0.05) is 36.2 Å². The summed E-state index contributed by atoms with van der Waals surface area (Å²) in [6, 6.07) is 7.00. The summed E-state index contributed by atoms with van der Waals surface area (Å²) in [4.78, 5) is 16.9. The minimum atomic E-state index is -2.84. The number of pyridine rings is 1. The van der Waals surface area contributed by atoms with Crippen molar-refractivity contribution in [3.05, 3.63) is 58.9 Å². The van der Waals surface area contributed by atoms with Crippen molar-refractivity contribution in [1.82, 2.24) is 4.98 Å². The van der Waals surface area contributed by atoms with Crippen LogP contribution in [0.4, 0.5) is 0 Å².